The van der Waals surface area contributed by atoms with E-state index < -0.39 is 24.4 Å². The van der Waals surface area contributed by atoms with Gasteiger partial charge in [0.25, 0.3) is 11.7 Å². The Balaban J connectivity index is 2.38. The first kappa shape index (κ1) is 12.0. The average molecular weight is 256 g/mol. The molecule has 0 aromatic heterocycles. The van der Waals surface area contributed by atoms with Crippen LogP contribution in [0.3, 0.4) is 0 Å². The highest BCUT2D eigenvalue weighted by Crippen LogP contribution is 2.31. The number of benzene rings is 1. The maximum Gasteiger partial charge on any atom is 0.299 e. The van der Waals surface area contributed by atoms with E-state index in [2.05, 4.69) is 0 Å². The van der Waals surface area contributed by atoms with Crippen LogP contribution in [0, 0.1) is 0 Å². The zero-order valence-electron chi connectivity index (χ0n) is 8.76. The molecule has 0 saturated heterocycles. The number of anilines is 1. The molecule has 1 atom stereocenters. The summed E-state index contributed by atoms with van der Waals surface area (Å²) >= 11 is 5.75. The second kappa shape index (κ2) is 4.44. The summed E-state index contributed by atoms with van der Waals surface area (Å²) in [6.45, 7) is -0.587. The number of rotatable bonds is 3. The van der Waals surface area contributed by atoms with E-state index in [4.69, 9.17) is 16.7 Å². The number of aliphatic hydroxyl groups is 2. The van der Waals surface area contributed by atoms with Crippen molar-refractivity contribution in [2.45, 2.75) is 6.10 Å². The van der Waals surface area contributed by atoms with Crippen LogP contribution in [-0.2, 0) is 4.79 Å². The Morgan fingerprint density at radius 2 is 2.06 bits per heavy atom. The van der Waals surface area contributed by atoms with Crippen LogP contribution in [0.25, 0.3) is 0 Å². The van der Waals surface area contributed by atoms with Crippen LogP contribution in [-0.4, -0.2) is 41.2 Å². The predicted octanol–water partition coefficient (Wildman–Crippen LogP) is 0.222. The van der Waals surface area contributed by atoms with Gasteiger partial charge in [0.15, 0.2) is 0 Å². The summed E-state index contributed by atoms with van der Waals surface area (Å²) in [4.78, 5) is 24.4. The van der Waals surface area contributed by atoms with Crippen molar-refractivity contribution < 1.29 is 19.8 Å². The number of hydrogen-bond acceptors (Lipinski definition) is 4. The van der Waals surface area contributed by atoms with Crippen molar-refractivity contribution >= 4 is 29.0 Å². The van der Waals surface area contributed by atoms with Crippen LogP contribution < -0.4 is 4.90 Å². The van der Waals surface area contributed by atoms with Gasteiger partial charge in [-0.2, -0.15) is 0 Å². The minimum absolute atomic E-state index is 0.115. The van der Waals surface area contributed by atoms with Gasteiger partial charge in [0, 0.05) is 5.02 Å². The summed E-state index contributed by atoms with van der Waals surface area (Å²) in [6, 6.07) is 4.53. The number of Topliss-reactive ketones (excluding diaryl/α,β-unsaturated/α-hetero) is 1. The SMILES string of the molecule is O=C1C(=O)N(CC(O)CO)c2ccc(Cl)cc21. The molecule has 1 aromatic rings. The van der Waals surface area contributed by atoms with Crippen molar-refractivity contribution in [3.63, 3.8) is 0 Å². The number of ketones is 1. The Labute approximate surface area is 102 Å². The lowest BCUT2D eigenvalue weighted by atomic mass is 10.1. The van der Waals surface area contributed by atoms with Crippen LogP contribution in [0.2, 0.25) is 5.02 Å². The molecule has 0 aliphatic carbocycles. The van der Waals surface area contributed by atoms with Gasteiger partial charge in [-0.05, 0) is 18.2 Å². The maximum absolute atomic E-state index is 11.7. The lowest BCUT2D eigenvalue weighted by Crippen LogP contribution is -2.38. The van der Waals surface area contributed by atoms with E-state index in [0.717, 1.165) is 4.90 Å². The summed E-state index contributed by atoms with van der Waals surface area (Å²) in [5, 5.41) is 18.4. The molecule has 0 bridgehead atoms. The molecule has 1 heterocycles. The Bertz CT molecular complexity index is 488. The number of halogens is 1. The number of aliphatic hydroxyl groups excluding tert-OH is 2. The predicted molar refractivity (Wildman–Crippen MR) is 61.2 cm³/mol. The Morgan fingerprint density at radius 3 is 2.71 bits per heavy atom. The van der Waals surface area contributed by atoms with Gasteiger partial charge in [-0.25, -0.2) is 0 Å². The number of carbonyl (C=O) groups is 2. The standard InChI is InChI=1S/C11H10ClNO4/c12-6-1-2-9-8(3-6)10(16)11(17)13(9)4-7(15)5-14/h1-3,7,14-15H,4-5H2. The summed E-state index contributed by atoms with van der Waals surface area (Å²) in [7, 11) is 0. The summed E-state index contributed by atoms with van der Waals surface area (Å²) < 4.78 is 0. The van der Waals surface area contributed by atoms with Crippen molar-refractivity contribution in [1.29, 1.82) is 0 Å². The molecule has 2 rings (SSSR count). The fraction of sp³-hybridized carbons (Fsp3) is 0.273. The molecule has 1 amide bonds. The third-order valence-corrected chi connectivity index (χ3v) is 2.77. The Kier molecular flexibility index (Phi) is 3.15. The molecule has 1 unspecified atom stereocenters. The highest BCUT2D eigenvalue weighted by molar-refractivity contribution is 6.52. The molecule has 1 aliphatic rings. The lowest BCUT2D eigenvalue weighted by molar-refractivity contribution is -0.114. The van der Waals surface area contributed by atoms with Crippen LogP contribution >= 0.6 is 11.6 Å². The van der Waals surface area contributed by atoms with Crippen LogP contribution in [0.5, 0.6) is 0 Å². The van der Waals surface area contributed by atoms with E-state index in [1.165, 1.54) is 6.07 Å². The zero-order chi connectivity index (χ0) is 12.6. The van der Waals surface area contributed by atoms with Gasteiger partial charge in [-0.15, -0.1) is 0 Å². The number of carbonyl (C=O) groups excluding carboxylic acids is 2. The van der Waals surface area contributed by atoms with E-state index in [0.29, 0.717) is 10.7 Å². The van der Waals surface area contributed by atoms with Gasteiger partial charge < -0.3 is 15.1 Å². The van der Waals surface area contributed by atoms with Crippen molar-refractivity contribution in [3.05, 3.63) is 28.8 Å². The van der Waals surface area contributed by atoms with Gasteiger partial charge in [0.05, 0.1) is 30.5 Å². The highest BCUT2D eigenvalue weighted by atomic mass is 35.5. The molecule has 0 spiro atoms. The fourth-order valence-corrected chi connectivity index (χ4v) is 1.89. The van der Waals surface area contributed by atoms with Crippen LogP contribution in [0.4, 0.5) is 5.69 Å². The maximum atomic E-state index is 11.7. The second-order valence-electron chi connectivity index (χ2n) is 3.74. The van der Waals surface area contributed by atoms with Crippen molar-refractivity contribution in [2.75, 3.05) is 18.1 Å². The van der Waals surface area contributed by atoms with E-state index in [1.54, 1.807) is 12.1 Å². The van der Waals surface area contributed by atoms with Crippen LogP contribution in [0.15, 0.2) is 18.2 Å². The zero-order valence-corrected chi connectivity index (χ0v) is 9.52. The van der Waals surface area contributed by atoms with E-state index in [1.807, 2.05) is 0 Å². The number of fused-ring (bicyclic) bond motifs is 1. The summed E-state index contributed by atoms with van der Waals surface area (Å²) in [6.07, 6.45) is -1.08. The molecule has 2 N–H and O–H groups in total. The van der Waals surface area contributed by atoms with Crippen molar-refractivity contribution in [1.82, 2.24) is 0 Å². The molecular formula is C11H10ClNO4. The van der Waals surface area contributed by atoms with Crippen molar-refractivity contribution in [3.8, 4) is 0 Å². The molecule has 0 saturated carbocycles. The first-order chi connectivity index (χ1) is 8.04. The molecule has 90 valence electrons. The molecule has 6 heteroatoms. The van der Waals surface area contributed by atoms with Crippen LogP contribution in [0.1, 0.15) is 10.4 Å². The minimum atomic E-state index is -1.08. The fourth-order valence-electron chi connectivity index (χ4n) is 1.72. The molecule has 17 heavy (non-hydrogen) atoms. The minimum Gasteiger partial charge on any atom is -0.394 e. The summed E-state index contributed by atoms with van der Waals surface area (Å²) in [5.74, 6) is -1.36. The molecule has 0 radical (unpaired) electrons. The van der Waals surface area contributed by atoms with Gasteiger partial charge in [0.2, 0.25) is 0 Å². The van der Waals surface area contributed by atoms with Gasteiger partial charge in [0.1, 0.15) is 0 Å². The normalized spacial score (nSPS) is 16.3. The van der Waals surface area contributed by atoms with Gasteiger partial charge in [-0.3, -0.25) is 9.59 Å². The molecule has 1 aliphatic heterocycles. The second-order valence-corrected chi connectivity index (χ2v) is 4.18. The first-order valence-corrected chi connectivity index (χ1v) is 5.37. The van der Waals surface area contributed by atoms with Gasteiger partial charge >= 0.3 is 0 Å². The highest BCUT2D eigenvalue weighted by Gasteiger charge is 2.36. The summed E-state index contributed by atoms with van der Waals surface area (Å²) in [5.41, 5.74) is 0.643. The number of hydrogen-bond donors (Lipinski definition) is 2. The molecular weight excluding hydrogens is 246 g/mol. The lowest BCUT2D eigenvalue weighted by Gasteiger charge is -2.19. The Morgan fingerprint density at radius 1 is 1.35 bits per heavy atom. The van der Waals surface area contributed by atoms with E-state index in [9.17, 15) is 14.7 Å². The molecule has 0 fully saturated rings. The third kappa shape index (κ3) is 2.04. The van der Waals surface area contributed by atoms with E-state index in [-0.39, 0.29) is 12.1 Å². The molecule has 1 aromatic carbocycles. The first-order valence-electron chi connectivity index (χ1n) is 4.99. The topological polar surface area (TPSA) is 77.8 Å². The monoisotopic (exact) mass is 255 g/mol. The largest absolute Gasteiger partial charge is 0.394 e. The van der Waals surface area contributed by atoms with E-state index >= 15 is 0 Å². The third-order valence-electron chi connectivity index (χ3n) is 2.54. The number of β-amino-alcohol motifs (C(OH)–C–C–N with tert-alkyl or cyclic N) is 1. The number of nitrogens with zero attached hydrogens (tertiary/aromatic N) is 1. The molecule has 5 nitrogen and oxygen atoms in total. The quantitative estimate of drug-likeness (QED) is 0.758. The number of amides is 1. The smallest absolute Gasteiger partial charge is 0.299 e. The van der Waals surface area contributed by atoms with Crippen molar-refractivity contribution in [2.24, 2.45) is 0 Å². The Hall–Kier alpha value is -1.43. The van der Waals surface area contributed by atoms with Gasteiger partial charge in [-0.1, -0.05) is 11.6 Å². The average Bonchev–Trinajstić information content (AvgIpc) is 2.54.